The van der Waals surface area contributed by atoms with Crippen LogP contribution in [0.5, 0.6) is 0 Å². The van der Waals surface area contributed by atoms with Crippen molar-refractivity contribution >= 4 is 19.8 Å². The molecule has 0 saturated carbocycles. The Kier molecular flexibility index (Phi) is 4.85. The molecule has 0 aliphatic heterocycles. The summed E-state index contributed by atoms with van der Waals surface area (Å²) in [5.41, 5.74) is 4.99. The third kappa shape index (κ3) is 6.15. The van der Waals surface area contributed by atoms with Crippen molar-refractivity contribution in [2.75, 3.05) is 0 Å². The van der Waals surface area contributed by atoms with Crippen molar-refractivity contribution in [1.29, 1.82) is 0 Å². The average Bonchev–Trinajstić information content (AvgIpc) is 1.98. The van der Waals surface area contributed by atoms with Crippen molar-refractivity contribution in [2.45, 2.75) is 18.6 Å². The second kappa shape index (κ2) is 5.19. The van der Waals surface area contributed by atoms with Gasteiger partial charge in [-0.15, -0.1) is 0 Å². The fraction of sp³-hybridized carbons (Fsp3) is 0.600. The Labute approximate surface area is 83.7 Å². The van der Waals surface area contributed by atoms with Gasteiger partial charge in [0.05, 0.1) is 12.5 Å². The fourth-order valence-corrected chi connectivity index (χ4v) is 0.997. The molecule has 0 spiro atoms. The van der Waals surface area contributed by atoms with Crippen LogP contribution < -0.4 is 5.73 Å². The highest BCUT2D eigenvalue weighted by Gasteiger charge is 2.31. The van der Waals surface area contributed by atoms with Crippen LogP contribution in [0.1, 0.15) is 6.42 Å². The van der Waals surface area contributed by atoms with Crippen LogP contribution in [0.25, 0.3) is 0 Å². The smallest absolute Gasteiger partial charge is 0.481 e. The lowest BCUT2D eigenvalue weighted by molar-refractivity contribution is -0.143. The molecule has 0 aliphatic rings. The van der Waals surface area contributed by atoms with Gasteiger partial charge in [-0.1, -0.05) is 0 Å². The van der Waals surface area contributed by atoms with Gasteiger partial charge in [0.15, 0.2) is 0 Å². The van der Waals surface area contributed by atoms with Gasteiger partial charge in [-0.2, -0.15) is 0 Å². The first-order valence-corrected chi connectivity index (χ1v) is 5.11. The molecule has 0 heterocycles. The van der Waals surface area contributed by atoms with E-state index >= 15 is 0 Å². The second-order valence-electron chi connectivity index (χ2n) is 2.59. The van der Waals surface area contributed by atoms with Crippen molar-refractivity contribution in [2.24, 2.45) is 5.73 Å². The number of phosphoric acid groups is 1. The first-order chi connectivity index (χ1) is 6.63. The van der Waals surface area contributed by atoms with Crippen LogP contribution in [0, 0.1) is 0 Å². The van der Waals surface area contributed by atoms with Gasteiger partial charge >= 0.3 is 19.8 Å². The summed E-state index contributed by atoms with van der Waals surface area (Å²) in [5.74, 6) is -2.99. The number of aliphatic hydroxyl groups excluding tert-OH is 1. The summed E-state index contributed by atoms with van der Waals surface area (Å²) in [6, 6.07) is -1.83. The van der Waals surface area contributed by atoms with E-state index in [1.807, 2.05) is 0 Å². The highest BCUT2D eigenvalue weighted by Crippen LogP contribution is 2.36. The molecular weight excluding hydrogens is 233 g/mol. The SMILES string of the molecule is N[C@H](C(=O)OP(=O)(O)O)C(O)CC(=O)O. The predicted molar refractivity (Wildman–Crippen MR) is 44.4 cm³/mol. The summed E-state index contributed by atoms with van der Waals surface area (Å²) in [5, 5.41) is 17.2. The maximum atomic E-state index is 10.8. The number of carboxylic acid groups (broad SMARTS) is 1. The maximum Gasteiger partial charge on any atom is 0.527 e. The zero-order valence-electron chi connectivity index (χ0n) is 7.31. The third-order valence-electron chi connectivity index (χ3n) is 1.28. The number of carboxylic acids is 1. The molecular formula is C5H10NO8P. The number of carbonyl (C=O) groups is 2. The van der Waals surface area contributed by atoms with E-state index in [9.17, 15) is 14.2 Å². The Morgan fingerprint density at radius 3 is 2.20 bits per heavy atom. The van der Waals surface area contributed by atoms with Crippen LogP contribution in [-0.2, 0) is 18.7 Å². The van der Waals surface area contributed by atoms with Gasteiger partial charge in [-0.05, 0) is 0 Å². The lowest BCUT2D eigenvalue weighted by Gasteiger charge is -2.15. The van der Waals surface area contributed by atoms with Crippen LogP contribution in [0.15, 0.2) is 0 Å². The lowest BCUT2D eigenvalue weighted by Crippen LogP contribution is -2.43. The largest absolute Gasteiger partial charge is 0.527 e. The van der Waals surface area contributed by atoms with E-state index in [4.69, 9.17) is 25.7 Å². The Morgan fingerprint density at radius 2 is 1.87 bits per heavy atom. The molecule has 9 nitrogen and oxygen atoms in total. The normalized spacial score (nSPS) is 15.5. The molecule has 0 bridgehead atoms. The molecule has 0 aromatic rings. The van der Waals surface area contributed by atoms with E-state index in [1.165, 1.54) is 0 Å². The van der Waals surface area contributed by atoms with Gasteiger partial charge in [0.2, 0.25) is 0 Å². The molecule has 15 heavy (non-hydrogen) atoms. The summed E-state index contributed by atoms with van der Waals surface area (Å²) in [6.07, 6.45) is -2.61. The van der Waals surface area contributed by atoms with Gasteiger partial charge in [-0.25, -0.2) is 9.36 Å². The Morgan fingerprint density at radius 1 is 1.40 bits per heavy atom. The number of hydrogen-bond acceptors (Lipinski definition) is 6. The van der Waals surface area contributed by atoms with Gasteiger partial charge in [0, 0.05) is 0 Å². The number of aliphatic hydroxyl groups is 1. The number of aliphatic carboxylic acids is 1. The minimum Gasteiger partial charge on any atom is -0.481 e. The number of hydrogen-bond donors (Lipinski definition) is 5. The van der Waals surface area contributed by atoms with Gasteiger partial charge in [0.25, 0.3) is 0 Å². The molecule has 88 valence electrons. The topological polar surface area (TPSA) is 167 Å². The van der Waals surface area contributed by atoms with E-state index in [-0.39, 0.29) is 0 Å². The molecule has 0 radical (unpaired) electrons. The van der Waals surface area contributed by atoms with Crippen molar-refractivity contribution < 1.29 is 38.7 Å². The average molecular weight is 243 g/mol. The molecule has 1 unspecified atom stereocenters. The molecule has 6 N–H and O–H groups in total. The Hall–Kier alpha value is -0.990. The van der Waals surface area contributed by atoms with E-state index in [0.29, 0.717) is 0 Å². The fourth-order valence-electron chi connectivity index (χ4n) is 0.641. The molecule has 0 aromatic carbocycles. The standard InChI is InChI=1S/C5H10NO8P/c6-4(2(7)1-3(8)9)5(10)14-15(11,12)13/h2,4,7H,1,6H2,(H,8,9)(H2,11,12,13)/t2?,4-/m0/s1. The number of nitrogens with two attached hydrogens (primary N) is 1. The van der Waals surface area contributed by atoms with E-state index in [0.717, 1.165) is 0 Å². The molecule has 0 fully saturated rings. The second-order valence-corrected chi connectivity index (χ2v) is 3.76. The van der Waals surface area contributed by atoms with Crippen molar-refractivity contribution in [3.8, 4) is 0 Å². The quantitative estimate of drug-likeness (QED) is 0.336. The van der Waals surface area contributed by atoms with Gasteiger partial charge in [0.1, 0.15) is 6.04 Å². The van der Waals surface area contributed by atoms with Crippen LogP contribution in [0.4, 0.5) is 0 Å². The van der Waals surface area contributed by atoms with Crippen molar-refractivity contribution in [3.63, 3.8) is 0 Å². The number of carbonyl (C=O) groups excluding carboxylic acids is 1. The molecule has 0 aliphatic carbocycles. The zero-order chi connectivity index (χ0) is 12.2. The predicted octanol–water partition coefficient (Wildman–Crippen LogP) is -2.21. The highest BCUT2D eigenvalue weighted by molar-refractivity contribution is 7.46. The summed E-state index contributed by atoms with van der Waals surface area (Å²) < 4.78 is 13.7. The molecule has 0 rings (SSSR count). The van der Waals surface area contributed by atoms with Crippen molar-refractivity contribution in [1.82, 2.24) is 0 Å². The molecule has 0 amide bonds. The third-order valence-corrected chi connectivity index (χ3v) is 1.70. The molecule has 10 heteroatoms. The first kappa shape index (κ1) is 14.0. The monoisotopic (exact) mass is 243 g/mol. The van der Waals surface area contributed by atoms with Crippen LogP contribution in [0.3, 0.4) is 0 Å². The lowest BCUT2D eigenvalue weighted by atomic mass is 10.1. The summed E-state index contributed by atoms with van der Waals surface area (Å²) in [6.45, 7) is 0. The summed E-state index contributed by atoms with van der Waals surface area (Å²) in [4.78, 5) is 37.3. The molecule has 0 aromatic heterocycles. The van der Waals surface area contributed by atoms with Gasteiger partial charge < -0.3 is 20.5 Å². The summed E-state index contributed by atoms with van der Waals surface area (Å²) in [7, 11) is -5.04. The van der Waals surface area contributed by atoms with Gasteiger partial charge in [-0.3, -0.25) is 14.6 Å². The van der Waals surface area contributed by atoms with E-state index in [1.54, 1.807) is 0 Å². The minimum atomic E-state index is -5.04. The van der Waals surface area contributed by atoms with Crippen LogP contribution >= 0.6 is 7.82 Å². The van der Waals surface area contributed by atoms with Crippen LogP contribution in [-0.4, -0.2) is 44.1 Å². The Bertz CT molecular complexity index is 297. The maximum absolute atomic E-state index is 10.8. The van der Waals surface area contributed by atoms with E-state index < -0.39 is 38.3 Å². The van der Waals surface area contributed by atoms with Crippen molar-refractivity contribution in [3.05, 3.63) is 0 Å². The molecule has 0 saturated heterocycles. The highest BCUT2D eigenvalue weighted by atomic mass is 31.2. The van der Waals surface area contributed by atoms with E-state index in [2.05, 4.69) is 4.52 Å². The molecule has 2 atom stereocenters. The summed E-state index contributed by atoms with van der Waals surface area (Å²) >= 11 is 0. The zero-order valence-corrected chi connectivity index (χ0v) is 8.20. The van der Waals surface area contributed by atoms with Crippen LogP contribution in [0.2, 0.25) is 0 Å². The number of phosphoric ester groups is 1. The minimum absolute atomic E-state index is 0.836. The number of rotatable bonds is 5. The first-order valence-electron chi connectivity index (χ1n) is 3.58. The Balaban J connectivity index is 4.32.